The summed E-state index contributed by atoms with van der Waals surface area (Å²) < 4.78 is 0. The first-order chi connectivity index (χ1) is 9.49. The summed E-state index contributed by atoms with van der Waals surface area (Å²) in [6, 6.07) is 0. The summed E-state index contributed by atoms with van der Waals surface area (Å²) in [4.78, 5) is 13.2. The van der Waals surface area contributed by atoms with Crippen LogP contribution < -0.4 is 11.1 Å². The Morgan fingerprint density at radius 1 is 0.950 bits per heavy atom. The van der Waals surface area contributed by atoms with Crippen LogP contribution in [0.5, 0.6) is 0 Å². The monoisotopic (exact) mass is 296 g/mol. The van der Waals surface area contributed by atoms with Crippen molar-refractivity contribution in [2.45, 2.75) is 83.1 Å². The van der Waals surface area contributed by atoms with Gasteiger partial charge in [0.05, 0.1) is 10.5 Å². The number of hydrogen-bond donors (Lipinski definition) is 2. The Morgan fingerprint density at radius 3 is 1.90 bits per heavy atom. The molecular weight excluding hydrogens is 268 g/mol. The van der Waals surface area contributed by atoms with Gasteiger partial charge < -0.3 is 11.1 Å². The fourth-order valence-electron chi connectivity index (χ4n) is 3.69. The molecule has 20 heavy (non-hydrogen) atoms. The van der Waals surface area contributed by atoms with Gasteiger partial charge in [0.25, 0.3) is 0 Å². The summed E-state index contributed by atoms with van der Waals surface area (Å²) in [5.74, 6) is 0.170. The molecule has 0 saturated heterocycles. The van der Waals surface area contributed by atoms with E-state index in [9.17, 15) is 4.79 Å². The summed E-state index contributed by atoms with van der Waals surface area (Å²) >= 11 is 5.32. The molecule has 114 valence electrons. The first-order valence-corrected chi connectivity index (χ1v) is 8.52. The van der Waals surface area contributed by atoms with Crippen LogP contribution in [0.25, 0.3) is 0 Å². The van der Waals surface area contributed by atoms with Crippen molar-refractivity contribution >= 4 is 23.1 Å². The Labute approximate surface area is 128 Å². The predicted molar refractivity (Wildman–Crippen MR) is 86.6 cm³/mol. The lowest BCUT2D eigenvalue weighted by Crippen LogP contribution is -2.59. The third-order valence-corrected chi connectivity index (χ3v) is 5.68. The van der Waals surface area contributed by atoms with Gasteiger partial charge in [-0.2, -0.15) is 0 Å². The average Bonchev–Trinajstić information content (AvgIpc) is 2.80. The molecule has 0 spiro atoms. The van der Waals surface area contributed by atoms with Gasteiger partial charge in [-0.25, -0.2) is 0 Å². The second-order valence-corrected chi connectivity index (χ2v) is 7.38. The number of rotatable bonds is 3. The molecule has 3 N–H and O–H groups in total. The van der Waals surface area contributed by atoms with Crippen molar-refractivity contribution in [1.29, 1.82) is 0 Å². The molecule has 0 aromatic carbocycles. The Hall–Kier alpha value is -0.640. The molecule has 0 heterocycles. The van der Waals surface area contributed by atoms with E-state index >= 15 is 0 Å². The van der Waals surface area contributed by atoms with Crippen LogP contribution in [0.1, 0.15) is 77.6 Å². The first-order valence-electron chi connectivity index (χ1n) is 8.11. The van der Waals surface area contributed by atoms with E-state index in [-0.39, 0.29) is 11.3 Å². The van der Waals surface area contributed by atoms with Crippen molar-refractivity contribution in [2.75, 3.05) is 0 Å². The second-order valence-electron chi connectivity index (χ2n) is 6.94. The Kier molecular flexibility index (Phi) is 5.05. The van der Waals surface area contributed by atoms with E-state index in [2.05, 4.69) is 12.2 Å². The van der Waals surface area contributed by atoms with E-state index in [1.54, 1.807) is 0 Å². The zero-order chi connectivity index (χ0) is 14.6. The van der Waals surface area contributed by atoms with E-state index in [1.165, 1.54) is 19.3 Å². The van der Waals surface area contributed by atoms with Gasteiger partial charge in [-0.1, -0.05) is 64.1 Å². The van der Waals surface area contributed by atoms with Crippen molar-refractivity contribution in [2.24, 2.45) is 11.1 Å². The third kappa shape index (κ3) is 3.33. The molecule has 4 heteroatoms. The molecular formula is C16H28N2OS. The summed E-state index contributed by atoms with van der Waals surface area (Å²) in [5.41, 5.74) is 5.39. The summed E-state index contributed by atoms with van der Waals surface area (Å²) in [6.45, 7) is 2.09. The minimum atomic E-state index is -0.432. The predicted octanol–water partition coefficient (Wildman–Crippen LogP) is 3.45. The zero-order valence-electron chi connectivity index (χ0n) is 12.7. The van der Waals surface area contributed by atoms with Gasteiger partial charge in [-0.05, 0) is 25.7 Å². The molecule has 2 fully saturated rings. The largest absolute Gasteiger partial charge is 0.391 e. The Bertz CT molecular complexity index is 367. The highest BCUT2D eigenvalue weighted by atomic mass is 32.1. The van der Waals surface area contributed by atoms with Gasteiger partial charge in [0, 0.05) is 5.41 Å². The molecule has 3 nitrogen and oxygen atoms in total. The average molecular weight is 296 g/mol. The summed E-state index contributed by atoms with van der Waals surface area (Å²) in [5, 5.41) is 3.28. The standard InChI is InChI=1S/C16H28N2OS/c1-15(9-7-8-10-15)14(19)18-16(13(17)20)11-5-3-2-4-6-12-16/h2-12H2,1H3,(H2,17,20)(H,18,19). The highest BCUT2D eigenvalue weighted by molar-refractivity contribution is 7.80. The van der Waals surface area contributed by atoms with E-state index < -0.39 is 5.54 Å². The van der Waals surface area contributed by atoms with E-state index in [1.807, 2.05) is 0 Å². The van der Waals surface area contributed by atoms with Crippen molar-refractivity contribution in [3.63, 3.8) is 0 Å². The maximum absolute atomic E-state index is 12.7. The number of hydrogen-bond acceptors (Lipinski definition) is 2. The quantitative estimate of drug-likeness (QED) is 0.784. The molecule has 0 unspecified atom stereocenters. The molecule has 0 aromatic heterocycles. The first kappa shape index (κ1) is 15.7. The highest BCUT2D eigenvalue weighted by Gasteiger charge is 2.42. The van der Waals surface area contributed by atoms with Crippen LogP contribution in [0, 0.1) is 5.41 Å². The number of nitrogens with two attached hydrogens (primary N) is 1. The molecule has 2 saturated carbocycles. The van der Waals surface area contributed by atoms with Gasteiger partial charge in [-0.3, -0.25) is 4.79 Å². The number of carbonyl (C=O) groups excluding carboxylic acids is 1. The Morgan fingerprint density at radius 2 is 1.40 bits per heavy atom. The van der Waals surface area contributed by atoms with Crippen molar-refractivity contribution in [3.8, 4) is 0 Å². The highest BCUT2D eigenvalue weighted by Crippen LogP contribution is 2.39. The van der Waals surface area contributed by atoms with Crippen LogP contribution in [0.15, 0.2) is 0 Å². The number of carbonyl (C=O) groups is 1. The fraction of sp³-hybridized carbons (Fsp3) is 0.875. The fourth-order valence-corrected chi connectivity index (χ4v) is 3.95. The van der Waals surface area contributed by atoms with E-state index in [0.717, 1.165) is 51.4 Å². The molecule has 0 atom stereocenters. The maximum atomic E-state index is 12.7. The molecule has 0 radical (unpaired) electrons. The normalized spacial score (nSPS) is 25.4. The van der Waals surface area contributed by atoms with Crippen LogP contribution in [0.3, 0.4) is 0 Å². The third-order valence-electron chi connectivity index (χ3n) is 5.29. The number of nitrogens with one attached hydrogen (secondary N) is 1. The van der Waals surface area contributed by atoms with Crippen LogP contribution in [-0.2, 0) is 4.79 Å². The molecule has 1 amide bonds. The molecule has 2 aliphatic carbocycles. The molecule has 0 aliphatic heterocycles. The summed E-state index contributed by atoms with van der Waals surface area (Å²) in [6.07, 6.45) is 12.1. The topological polar surface area (TPSA) is 55.1 Å². The Balaban J connectivity index is 2.11. The van der Waals surface area contributed by atoms with Crippen LogP contribution >= 0.6 is 12.2 Å². The molecule has 0 aromatic rings. The molecule has 0 bridgehead atoms. The van der Waals surface area contributed by atoms with Crippen molar-refractivity contribution in [1.82, 2.24) is 5.32 Å². The second kappa shape index (κ2) is 6.42. The van der Waals surface area contributed by atoms with E-state index in [0.29, 0.717) is 4.99 Å². The van der Waals surface area contributed by atoms with E-state index in [4.69, 9.17) is 18.0 Å². The SMILES string of the molecule is CC1(C(=O)NC2(C(N)=S)CCCCCCC2)CCCC1. The van der Waals surface area contributed by atoms with Crippen LogP contribution in [0.2, 0.25) is 0 Å². The van der Waals surface area contributed by atoms with Gasteiger partial charge in [0.2, 0.25) is 5.91 Å². The zero-order valence-corrected chi connectivity index (χ0v) is 13.5. The smallest absolute Gasteiger partial charge is 0.226 e. The number of amides is 1. The molecule has 2 aliphatic rings. The van der Waals surface area contributed by atoms with Gasteiger partial charge in [0.1, 0.15) is 0 Å². The lowest BCUT2D eigenvalue weighted by Gasteiger charge is -2.38. The number of thiocarbonyl (C=S) groups is 1. The van der Waals surface area contributed by atoms with Crippen molar-refractivity contribution < 1.29 is 4.79 Å². The lowest BCUT2D eigenvalue weighted by molar-refractivity contribution is -0.131. The minimum absolute atomic E-state index is 0.170. The minimum Gasteiger partial charge on any atom is -0.391 e. The van der Waals surface area contributed by atoms with Gasteiger partial charge in [0.15, 0.2) is 0 Å². The molecule has 2 rings (SSSR count). The lowest BCUT2D eigenvalue weighted by atomic mass is 9.81. The van der Waals surface area contributed by atoms with Crippen LogP contribution in [-0.4, -0.2) is 16.4 Å². The maximum Gasteiger partial charge on any atom is 0.226 e. The van der Waals surface area contributed by atoms with Gasteiger partial charge in [-0.15, -0.1) is 0 Å². The van der Waals surface area contributed by atoms with Gasteiger partial charge >= 0.3 is 0 Å². The van der Waals surface area contributed by atoms with Crippen molar-refractivity contribution in [3.05, 3.63) is 0 Å². The van der Waals surface area contributed by atoms with Crippen LogP contribution in [0.4, 0.5) is 0 Å². The summed E-state index contributed by atoms with van der Waals surface area (Å²) in [7, 11) is 0.